The van der Waals surface area contributed by atoms with Gasteiger partial charge in [-0.25, -0.2) is 4.39 Å². The van der Waals surface area contributed by atoms with Gasteiger partial charge in [0.15, 0.2) is 0 Å². The summed E-state index contributed by atoms with van der Waals surface area (Å²) < 4.78 is 20.5. The molecular weight excluding hydrogens is 533 g/mol. The fraction of sp³-hybridized carbons (Fsp3) is 0.194. The molecule has 188 valence electrons. The van der Waals surface area contributed by atoms with Gasteiger partial charge in [-0.1, -0.05) is 82.7 Å². The van der Waals surface area contributed by atoms with Crippen LogP contribution in [0.3, 0.4) is 0 Å². The van der Waals surface area contributed by atoms with Crippen molar-refractivity contribution in [2.24, 2.45) is 5.92 Å². The smallest absolute Gasteiger partial charge is 0.233 e. The lowest BCUT2D eigenvalue weighted by atomic mass is 9.78. The molecule has 1 heterocycles. The van der Waals surface area contributed by atoms with Gasteiger partial charge in [0.2, 0.25) is 5.91 Å². The molecule has 1 N–H and O–H groups in total. The number of benzene rings is 4. The second kappa shape index (κ2) is 11.3. The van der Waals surface area contributed by atoms with E-state index in [1.54, 1.807) is 12.1 Å². The van der Waals surface area contributed by atoms with Gasteiger partial charge in [-0.05, 0) is 60.4 Å². The zero-order valence-corrected chi connectivity index (χ0v) is 21.7. The number of aliphatic hydroxyl groups is 1. The average molecular weight is 560 g/mol. The van der Waals surface area contributed by atoms with E-state index in [1.807, 2.05) is 83.8 Å². The van der Waals surface area contributed by atoms with Crippen LogP contribution in [-0.4, -0.2) is 11.0 Å². The number of hydrogen-bond acceptors (Lipinski definition) is 3. The Morgan fingerprint density at radius 3 is 2.30 bits per heavy atom. The maximum absolute atomic E-state index is 13.4. The van der Waals surface area contributed by atoms with Gasteiger partial charge in [0.05, 0.1) is 18.1 Å². The number of halogens is 2. The molecular formula is C31H27BrFNO3. The van der Waals surface area contributed by atoms with Crippen LogP contribution in [0.4, 0.5) is 10.1 Å². The highest BCUT2D eigenvalue weighted by Crippen LogP contribution is 2.49. The minimum atomic E-state index is -0.779. The van der Waals surface area contributed by atoms with Crippen molar-refractivity contribution in [1.29, 1.82) is 0 Å². The SMILES string of the molecule is O=C1C(CC[C@H](O)c2ccc(F)cc2)[C@@H](c2ccc(Br)cc2OCc2ccccc2)N1c1ccccc1. The van der Waals surface area contributed by atoms with Crippen LogP contribution in [0.1, 0.15) is 41.7 Å². The van der Waals surface area contributed by atoms with E-state index in [9.17, 15) is 14.3 Å². The minimum Gasteiger partial charge on any atom is -0.489 e. The first-order valence-electron chi connectivity index (χ1n) is 12.3. The second-order valence-electron chi connectivity index (χ2n) is 9.20. The quantitative estimate of drug-likeness (QED) is 0.217. The van der Waals surface area contributed by atoms with Crippen molar-refractivity contribution in [2.45, 2.75) is 31.6 Å². The predicted octanol–water partition coefficient (Wildman–Crippen LogP) is 7.39. The fourth-order valence-corrected chi connectivity index (χ4v) is 5.20. The number of aliphatic hydroxyl groups excluding tert-OH is 1. The third-order valence-corrected chi connectivity index (χ3v) is 7.28. The molecule has 0 saturated carbocycles. The summed E-state index contributed by atoms with van der Waals surface area (Å²) in [5.74, 6) is 0.0534. The molecule has 1 fully saturated rings. The molecule has 4 nitrogen and oxygen atoms in total. The van der Waals surface area contributed by atoms with Crippen LogP contribution in [-0.2, 0) is 11.4 Å². The summed E-state index contributed by atoms with van der Waals surface area (Å²) in [4.78, 5) is 15.3. The number of anilines is 1. The Bertz CT molecular complexity index is 1350. The van der Waals surface area contributed by atoms with Crippen LogP contribution in [0.25, 0.3) is 0 Å². The average Bonchev–Trinajstić information content (AvgIpc) is 2.92. The molecule has 5 rings (SSSR count). The number of β-lactam (4-membered cyclic amide) rings is 1. The van der Waals surface area contributed by atoms with Crippen LogP contribution in [0.15, 0.2) is 108 Å². The predicted molar refractivity (Wildman–Crippen MR) is 146 cm³/mol. The van der Waals surface area contributed by atoms with E-state index in [0.717, 1.165) is 21.3 Å². The molecule has 4 aromatic rings. The number of ether oxygens (including phenoxy) is 1. The molecule has 0 radical (unpaired) electrons. The third kappa shape index (κ3) is 5.60. The summed E-state index contributed by atoms with van der Waals surface area (Å²) in [7, 11) is 0. The topological polar surface area (TPSA) is 49.8 Å². The van der Waals surface area contributed by atoms with Crippen molar-refractivity contribution >= 4 is 27.5 Å². The zero-order valence-electron chi connectivity index (χ0n) is 20.1. The maximum Gasteiger partial charge on any atom is 0.233 e. The number of hydrogen-bond donors (Lipinski definition) is 1. The Morgan fingerprint density at radius 1 is 0.919 bits per heavy atom. The van der Waals surface area contributed by atoms with Crippen molar-refractivity contribution < 1.29 is 19.0 Å². The fourth-order valence-electron chi connectivity index (χ4n) is 4.86. The molecule has 4 aromatic carbocycles. The van der Waals surface area contributed by atoms with Crippen LogP contribution in [0.5, 0.6) is 5.75 Å². The van der Waals surface area contributed by atoms with Gasteiger partial charge in [-0.3, -0.25) is 4.79 Å². The molecule has 1 aliphatic rings. The number of carbonyl (C=O) groups excluding carboxylic acids is 1. The maximum atomic E-state index is 13.4. The first-order valence-corrected chi connectivity index (χ1v) is 13.1. The van der Waals surface area contributed by atoms with E-state index in [1.165, 1.54) is 12.1 Å². The molecule has 1 amide bonds. The summed E-state index contributed by atoms with van der Waals surface area (Å²) in [6.07, 6.45) is 0.0934. The van der Waals surface area contributed by atoms with Gasteiger partial charge < -0.3 is 14.7 Å². The van der Waals surface area contributed by atoms with Gasteiger partial charge in [-0.15, -0.1) is 0 Å². The number of rotatable bonds is 9. The van der Waals surface area contributed by atoms with Gasteiger partial charge in [0.25, 0.3) is 0 Å². The van der Waals surface area contributed by atoms with Crippen molar-refractivity contribution in [3.63, 3.8) is 0 Å². The van der Waals surface area contributed by atoms with Crippen molar-refractivity contribution in [2.75, 3.05) is 4.90 Å². The van der Waals surface area contributed by atoms with Crippen molar-refractivity contribution in [3.8, 4) is 5.75 Å². The molecule has 3 atom stereocenters. The lowest BCUT2D eigenvalue weighted by Crippen LogP contribution is -2.55. The molecule has 1 saturated heterocycles. The van der Waals surface area contributed by atoms with Gasteiger partial charge in [0.1, 0.15) is 18.2 Å². The van der Waals surface area contributed by atoms with Gasteiger partial charge in [0, 0.05) is 15.7 Å². The van der Waals surface area contributed by atoms with Crippen LogP contribution < -0.4 is 9.64 Å². The molecule has 6 heteroatoms. The van der Waals surface area contributed by atoms with Gasteiger partial charge in [-0.2, -0.15) is 0 Å². The minimum absolute atomic E-state index is 0.0134. The third-order valence-electron chi connectivity index (χ3n) is 6.79. The summed E-state index contributed by atoms with van der Waals surface area (Å²) in [6.45, 7) is 0.407. The highest BCUT2D eigenvalue weighted by Gasteiger charge is 2.49. The highest BCUT2D eigenvalue weighted by molar-refractivity contribution is 9.10. The Morgan fingerprint density at radius 2 is 1.59 bits per heavy atom. The van der Waals surface area contributed by atoms with Crippen LogP contribution >= 0.6 is 15.9 Å². The molecule has 0 spiro atoms. The summed E-state index contributed by atoms with van der Waals surface area (Å²) in [5.41, 5.74) is 3.44. The molecule has 0 aromatic heterocycles. The molecule has 0 bridgehead atoms. The summed E-state index contributed by atoms with van der Waals surface area (Å²) >= 11 is 3.56. The van der Waals surface area contributed by atoms with E-state index < -0.39 is 6.10 Å². The molecule has 37 heavy (non-hydrogen) atoms. The Hall–Kier alpha value is -3.48. The van der Waals surface area contributed by atoms with Crippen molar-refractivity contribution in [3.05, 3.63) is 130 Å². The van der Waals surface area contributed by atoms with Gasteiger partial charge >= 0.3 is 0 Å². The standard InChI is InChI=1S/C31H27BrFNO3/c32-23-13-16-26(29(19-23)37-20-21-7-3-1-4-8-21)30-27(31(36)34(30)25-9-5-2-6-10-25)17-18-28(35)22-11-14-24(33)15-12-22/h1-16,19,27-28,30,35H,17-18,20H2/t27?,28-,30+/m0/s1. The van der Waals surface area contributed by atoms with Crippen LogP contribution in [0, 0.1) is 11.7 Å². The van der Waals surface area contributed by atoms with Crippen molar-refractivity contribution in [1.82, 2.24) is 0 Å². The van der Waals surface area contributed by atoms with E-state index >= 15 is 0 Å². The summed E-state index contributed by atoms with van der Waals surface area (Å²) in [6, 6.07) is 31.1. The lowest BCUT2D eigenvalue weighted by molar-refractivity contribution is -0.131. The summed E-state index contributed by atoms with van der Waals surface area (Å²) in [5, 5.41) is 10.7. The monoisotopic (exact) mass is 559 g/mol. The van der Waals surface area contributed by atoms with E-state index in [-0.39, 0.29) is 23.7 Å². The van der Waals surface area contributed by atoms with Crippen LogP contribution in [0.2, 0.25) is 0 Å². The highest BCUT2D eigenvalue weighted by atomic mass is 79.9. The Labute approximate surface area is 224 Å². The Balaban J connectivity index is 1.42. The largest absolute Gasteiger partial charge is 0.489 e. The molecule has 1 unspecified atom stereocenters. The molecule has 1 aliphatic heterocycles. The number of carbonyl (C=O) groups is 1. The first kappa shape index (κ1) is 25.2. The number of nitrogens with zero attached hydrogens (tertiary/aromatic N) is 1. The number of amides is 1. The molecule has 0 aliphatic carbocycles. The van der Waals surface area contributed by atoms with E-state index in [4.69, 9.17) is 4.74 Å². The number of para-hydroxylation sites is 1. The lowest BCUT2D eigenvalue weighted by Gasteiger charge is -2.48. The first-order chi connectivity index (χ1) is 18.0. The Kier molecular flexibility index (Phi) is 7.68. The normalized spacial score (nSPS) is 17.8. The van der Waals surface area contributed by atoms with E-state index in [0.29, 0.717) is 30.8 Å². The second-order valence-corrected chi connectivity index (χ2v) is 10.1. The zero-order chi connectivity index (χ0) is 25.8. The van der Waals surface area contributed by atoms with E-state index in [2.05, 4.69) is 15.9 Å².